The van der Waals surface area contributed by atoms with E-state index >= 15 is 0 Å². The Morgan fingerprint density at radius 3 is 2.50 bits per heavy atom. The molecule has 1 aliphatic rings. The maximum Gasteiger partial charge on any atom is 0.0766 e. The predicted octanol–water partition coefficient (Wildman–Crippen LogP) is 2.66. The molecule has 1 aliphatic heterocycles. The highest BCUT2D eigenvalue weighted by molar-refractivity contribution is 7.99. The Labute approximate surface area is 105 Å². The van der Waals surface area contributed by atoms with Gasteiger partial charge in [-0.15, -0.1) is 0 Å². The standard InChI is InChI=1S/C13H27NOS/c1-5-13(15,6-2)10-14-11-9-16-8-7-12(11,3)4/h11,14-15H,5-10H2,1-4H3. The summed E-state index contributed by atoms with van der Waals surface area (Å²) in [5.74, 6) is 2.45. The van der Waals surface area contributed by atoms with Crippen molar-refractivity contribution in [3.63, 3.8) is 0 Å². The molecular formula is C13H27NOS. The monoisotopic (exact) mass is 245 g/mol. The molecule has 1 fully saturated rings. The molecule has 0 bridgehead atoms. The summed E-state index contributed by atoms with van der Waals surface area (Å²) in [7, 11) is 0. The molecule has 1 heterocycles. The molecule has 0 amide bonds. The number of nitrogens with one attached hydrogen (secondary N) is 1. The molecule has 0 aromatic heterocycles. The lowest BCUT2D eigenvalue weighted by Gasteiger charge is -2.40. The van der Waals surface area contributed by atoms with Gasteiger partial charge in [-0.1, -0.05) is 27.7 Å². The summed E-state index contributed by atoms with van der Waals surface area (Å²) >= 11 is 2.03. The van der Waals surface area contributed by atoms with E-state index in [4.69, 9.17) is 0 Å². The molecule has 0 aliphatic carbocycles. The van der Waals surface area contributed by atoms with Crippen molar-refractivity contribution in [2.24, 2.45) is 5.41 Å². The minimum absolute atomic E-state index is 0.369. The van der Waals surface area contributed by atoms with Gasteiger partial charge in [-0.25, -0.2) is 0 Å². The van der Waals surface area contributed by atoms with Gasteiger partial charge in [0.2, 0.25) is 0 Å². The minimum atomic E-state index is -0.516. The van der Waals surface area contributed by atoms with Crippen molar-refractivity contribution >= 4 is 11.8 Å². The van der Waals surface area contributed by atoms with Crippen LogP contribution in [-0.4, -0.2) is 34.8 Å². The quantitative estimate of drug-likeness (QED) is 0.781. The summed E-state index contributed by atoms with van der Waals surface area (Å²) in [6.45, 7) is 9.52. The smallest absolute Gasteiger partial charge is 0.0766 e. The van der Waals surface area contributed by atoms with E-state index in [1.807, 2.05) is 11.8 Å². The molecule has 0 radical (unpaired) electrons. The van der Waals surface area contributed by atoms with Crippen molar-refractivity contribution in [3.8, 4) is 0 Å². The Bertz CT molecular complexity index is 214. The second-order valence-corrected chi connectivity index (χ2v) is 6.83. The molecule has 1 atom stereocenters. The van der Waals surface area contributed by atoms with Crippen LogP contribution in [0.4, 0.5) is 0 Å². The summed E-state index contributed by atoms with van der Waals surface area (Å²) in [5, 5.41) is 13.8. The normalized spacial score (nSPS) is 25.7. The number of hydrogen-bond acceptors (Lipinski definition) is 3. The summed E-state index contributed by atoms with van der Waals surface area (Å²) in [5.41, 5.74) is -0.147. The first-order valence-electron chi connectivity index (χ1n) is 6.47. The zero-order valence-corrected chi connectivity index (χ0v) is 12.0. The minimum Gasteiger partial charge on any atom is -0.389 e. The fraction of sp³-hybridized carbons (Fsp3) is 1.00. The molecule has 96 valence electrons. The largest absolute Gasteiger partial charge is 0.389 e. The van der Waals surface area contributed by atoms with Crippen LogP contribution in [0.1, 0.15) is 47.0 Å². The van der Waals surface area contributed by atoms with E-state index in [0.717, 1.165) is 19.4 Å². The van der Waals surface area contributed by atoms with Crippen LogP contribution >= 0.6 is 11.8 Å². The van der Waals surface area contributed by atoms with Gasteiger partial charge >= 0.3 is 0 Å². The zero-order valence-electron chi connectivity index (χ0n) is 11.2. The molecule has 0 aromatic carbocycles. The van der Waals surface area contributed by atoms with E-state index in [2.05, 4.69) is 33.0 Å². The lowest BCUT2D eigenvalue weighted by Crippen LogP contribution is -2.51. The van der Waals surface area contributed by atoms with Crippen molar-refractivity contribution in [2.75, 3.05) is 18.1 Å². The van der Waals surface area contributed by atoms with Crippen molar-refractivity contribution in [2.45, 2.75) is 58.6 Å². The molecule has 0 aromatic rings. The molecule has 1 rings (SSSR count). The molecule has 16 heavy (non-hydrogen) atoms. The van der Waals surface area contributed by atoms with Gasteiger partial charge in [0, 0.05) is 18.3 Å². The molecular weight excluding hydrogens is 218 g/mol. The third-order valence-electron chi connectivity index (χ3n) is 4.11. The number of rotatable bonds is 5. The van der Waals surface area contributed by atoms with Crippen LogP contribution in [0.15, 0.2) is 0 Å². The fourth-order valence-corrected chi connectivity index (χ4v) is 3.73. The third-order valence-corrected chi connectivity index (χ3v) is 5.17. The zero-order chi connectivity index (χ0) is 12.2. The van der Waals surface area contributed by atoms with E-state index in [-0.39, 0.29) is 0 Å². The van der Waals surface area contributed by atoms with E-state index < -0.39 is 5.60 Å². The molecule has 3 heteroatoms. The highest BCUT2D eigenvalue weighted by atomic mass is 32.2. The first kappa shape index (κ1) is 14.3. The summed E-state index contributed by atoms with van der Waals surface area (Å²) in [6.07, 6.45) is 2.93. The van der Waals surface area contributed by atoms with Crippen molar-refractivity contribution in [1.82, 2.24) is 5.32 Å². The average molecular weight is 245 g/mol. The average Bonchev–Trinajstić information content (AvgIpc) is 2.27. The first-order chi connectivity index (χ1) is 7.43. The number of thioether (sulfide) groups is 1. The second-order valence-electron chi connectivity index (χ2n) is 5.68. The molecule has 2 nitrogen and oxygen atoms in total. The van der Waals surface area contributed by atoms with E-state index in [1.165, 1.54) is 17.9 Å². The van der Waals surface area contributed by atoms with Crippen LogP contribution in [0.3, 0.4) is 0 Å². The molecule has 0 spiro atoms. The highest BCUT2D eigenvalue weighted by Gasteiger charge is 2.34. The summed E-state index contributed by atoms with van der Waals surface area (Å²) < 4.78 is 0. The first-order valence-corrected chi connectivity index (χ1v) is 7.62. The van der Waals surface area contributed by atoms with E-state index in [0.29, 0.717) is 11.5 Å². The maximum atomic E-state index is 10.3. The Morgan fingerprint density at radius 2 is 2.00 bits per heavy atom. The van der Waals surface area contributed by atoms with Crippen LogP contribution in [0.2, 0.25) is 0 Å². The Morgan fingerprint density at radius 1 is 1.38 bits per heavy atom. The van der Waals surface area contributed by atoms with Crippen LogP contribution < -0.4 is 5.32 Å². The van der Waals surface area contributed by atoms with Gasteiger partial charge in [-0.3, -0.25) is 0 Å². The Kier molecular flexibility index (Phi) is 5.14. The molecule has 0 saturated carbocycles. The summed E-state index contributed by atoms with van der Waals surface area (Å²) in [4.78, 5) is 0. The van der Waals surface area contributed by atoms with Gasteiger partial charge in [0.1, 0.15) is 0 Å². The van der Waals surface area contributed by atoms with Gasteiger partial charge in [0.05, 0.1) is 5.60 Å². The topological polar surface area (TPSA) is 32.3 Å². The number of aliphatic hydroxyl groups is 1. The summed E-state index contributed by atoms with van der Waals surface area (Å²) in [6, 6.07) is 0.538. The second kappa shape index (κ2) is 5.74. The molecule has 1 saturated heterocycles. The van der Waals surface area contributed by atoms with Crippen molar-refractivity contribution in [3.05, 3.63) is 0 Å². The highest BCUT2D eigenvalue weighted by Crippen LogP contribution is 2.34. The predicted molar refractivity (Wildman–Crippen MR) is 73.0 cm³/mol. The Hall–Kier alpha value is 0.270. The molecule has 2 N–H and O–H groups in total. The third kappa shape index (κ3) is 3.64. The molecule has 1 unspecified atom stereocenters. The Balaban J connectivity index is 2.47. The van der Waals surface area contributed by atoms with Gasteiger partial charge in [-0.2, -0.15) is 11.8 Å². The fourth-order valence-electron chi connectivity index (χ4n) is 2.08. The van der Waals surface area contributed by atoms with Gasteiger partial charge in [0.25, 0.3) is 0 Å². The SMILES string of the molecule is CCC(O)(CC)CNC1CSCCC1(C)C. The van der Waals surface area contributed by atoms with Gasteiger partial charge in [0.15, 0.2) is 0 Å². The van der Waals surface area contributed by atoms with Crippen LogP contribution in [-0.2, 0) is 0 Å². The van der Waals surface area contributed by atoms with Crippen LogP contribution in [0.5, 0.6) is 0 Å². The van der Waals surface area contributed by atoms with Gasteiger partial charge < -0.3 is 10.4 Å². The van der Waals surface area contributed by atoms with Crippen LogP contribution in [0, 0.1) is 5.41 Å². The van der Waals surface area contributed by atoms with E-state index in [1.54, 1.807) is 0 Å². The van der Waals surface area contributed by atoms with Crippen molar-refractivity contribution in [1.29, 1.82) is 0 Å². The number of hydrogen-bond donors (Lipinski definition) is 2. The lowest BCUT2D eigenvalue weighted by molar-refractivity contribution is 0.0257. The van der Waals surface area contributed by atoms with Gasteiger partial charge in [-0.05, 0) is 30.4 Å². The van der Waals surface area contributed by atoms with Crippen molar-refractivity contribution < 1.29 is 5.11 Å². The van der Waals surface area contributed by atoms with E-state index in [9.17, 15) is 5.11 Å². The maximum absolute atomic E-state index is 10.3. The van der Waals surface area contributed by atoms with Crippen LogP contribution in [0.25, 0.3) is 0 Å². The lowest BCUT2D eigenvalue weighted by atomic mass is 9.82.